The average molecular weight is 728 g/mol. The van der Waals surface area contributed by atoms with Crippen LogP contribution >= 0.6 is 0 Å². The fourth-order valence-corrected chi connectivity index (χ4v) is 4.34. The highest BCUT2D eigenvalue weighted by molar-refractivity contribution is 5.98. The number of hydrogen-bond donors (Lipinski definition) is 13. The van der Waals surface area contributed by atoms with E-state index in [-0.39, 0.29) is 12.2 Å². The molecule has 0 spiro atoms. The van der Waals surface area contributed by atoms with Crippen molar-refractivity contribution < 1.29 is 69.0 Å². The van der Waals surface area contributed by atoms with Gasteiger partial charge in [-0.2, -0.15) is 0 Å². The molecule has 9 atom stereocenters. The van der Waals surface area contributed by atoms with Crippen molar-refractivity contribution in [1.29, 1.82) is 0 Å². The third kappa shape index (κ3) is 15.0. The predicted octanol–water partition coefficient (Wildman–Crippen LogP) is -5.35. The Hall–Kier alpha value is -5.38. The first-order valence-corrected chi connectivity index (χ1v) is 15.5. The number of aliphatic carboxylic acids is 2. The third-order valence-electron chi connectivity index (χ3n) is 7.26. The summed E-state index contributed by atoms with van der Waals surface area (Å²) in [6, 6.07) is -5.03. The summed E-state index contributed by atoms with van der Waals surface area (Å²) < 4.78 is 0. The Balaban J connectivity index is 3.38. The van der Waals surface area contributed by atoms with Crippen molar-refractivity contribution >= 4 is 47.4 Å². The summed E-state index contributed by atoms with van der Waals surface area (Å²) in [4.78, 5) is 99.8. The van der Waals surface area contributed by atoms with Crippen molar-refractivity contribution in [2.75, 3.05) is 0 Å². The zero-order chi connectivity index (χ0) is 39.2. The molecule has 15 N–H and O–H groups in total. The molecule has 1 rings (SSSR count). The highest BCUT2D eigenvalue weighted by Crippen LogP contribution is 2.13. The lowest BCUT2D eigenvalue weighted by molar-refractivity contribution is -0.144. The Bertz CT molecular complexity index is 1420. The van der Waals surface area contributed by atoms with Gasteiger partial charge in [0.1, 0.15) is 42.0 Å². The number of aromatic hydroxyl groups is 1. The maximum absolute atomic E-state index is 13.6. The molecule has 0 unspecified atom stereocenters. The second-order valence-electron chi connectivity index (χ2n) is 11.7. The summed E-state index contributed by atoms with van der Waals surface area (Å²) in [6.07, 6.45) is -6.97. The zero-order valence-corrected chi connectivity index (χ0v) is 27.9. The number of rotatable bonds is 21. The van der Waals surface area contributed by atoms with Gasteiger partial charge in [-0.3, -0.25) is 33.6 Å². The molecule has 0 bridgehead atoms. The van der Waals surface area contributed by atoms with Gasteiger partial charge in [0.15, 0.2) is 0 Å². The summed E-state index contributed by atoms with van der Waals surface area (Å²) in [7, 11) is 0. The lowest BCUT2D eigenvalue weighted by atomic mass is 10.0. The number of primary amides is 1. The van der Waals surface area contributed by atoms with E-state index < -0.39 is 121 Å². The number of aliphatic hydroxyl groups is 3. The first-order valence-electron chi connectivity index (χ1n) is 15.5. The topological polar surface area (TPSA) is 370 Å². The standard InChI is InChI=1S/C30H45N7O14/c1-12(38)22(32)27(47)37-24(14(3)40)29(49)35-19(11-20(31)42)25(45)34-18(10-15-4-6-16(41)7-5-15)26(46)36-23(13(2)39)28(48)33-17(30(50)51)8-9-21(43)44/h4-7,12-14,17-19,22-24,38-41H,8-11,32H2,1-3H3,(H2,31,42)(H,33,48)(H,34,45)(H,35,49)(H,36,46)(H,37,47)(H,43,44)(H,50,51)/t12-,13-,14-,17+,18+,19+,22+,23+,24+/m1/s1. The van der Waals surface area contributed by atoms with Gasteiger partial charge < -0.3 is 68.7 Å². The van der Waals surface area contributed by atoms with Crippen molar-refractivity contribution in [2.45, 2.75) is 101 Å². The Morgan fingerprint density at radius 2 is 1.10 bits per heavy atom. The lowest BCUT2D eigenvalue weighted by Crippen LogP contribution is -2.62. The molecule has 21 heteroatoms. The fraction of sp³-hybridized carbons (Fsp3) is 0.533. The van der Waals surface area contributed by atoms with E-state index in [1.807, 2.05) is 5.32 Å². The zero-order valence-electron chi connectivity index (χ0n) is 27.9. The number of benzene rings is 1. The number of carboxylic acid groups (broad SMARTS) is 2. The van der Waals surface area contributed by atoms with Gasteiger partial charge in [-0.05, 0) is 44.9 Å². The highest BCUT2D eigenvalue weighted by Gasteiger charge is 2.36. The minimum absolute atomic E-state index is 0.149. The fourth-order valence-electron chi connectivity index (χ4n) is 4.34. The summed E-state index contributed by atoms with van der Waals surface area (Å²) in [6.45, 7) is 3.39. The Morgan fingerprint density at radius 1 is 0.647 bits per heavy atom. The van der Waals surface area contributed by atoms with E-state index in [9.17, 15) is 63.9 Å². The van der Waals surface area contributed by atoms with E-state index in [4.69, 9.17) is 16.6 Å². The molecule has 1 aromatic carbocycles. The molecule has 0 saturated heterocycles. The minimum atomic E-state index is -1.84. The van der Waals surface area contributed by atoms with Crippen LogP contribution in [0, 0.1) is 0 Å². The molecule has 0 aliphatic carbocycles. The first kappa shape index (κ1) is 43.6. The van der Waals surface area contributed by atoms with Crippen LogP contribution in [0.2, 0.25) is 0 Å². The smallest absolute Gasteiger partial charge is 0.326 e. The maximum Gasteiger partial charge on any atom is 0.326 e. The summed E-state index contributed by atoms with van der Waals surface area (Å²) in [5.74, 6) is -9.99. The SMILES string of the molecule is C[C@@H](O)[C@H](N)C(=O)N[C@H](C(=O)N[C@@H](CC(N)=O)C(=O)N[C@@H](Cc1ccc(O)cc1)C(=O)N[C@H](C(=O)N[C@@H](CCC(=O)O)C(=O)O)[C@@H](C)O)[C@@H](C)O. The molecule has 0 fully saturated rings. The van der Waals surface area contributed by atoms with Gasteiger partial charge in [-0.25, -0.2) is 4.79 Å². The number of carbonyl (C=O) groups excluding carboxylic acids is 6. The number of nitrogens with two attached hydrogens (primary N) is 2. The normalized spacial score (nSPS) is 16.3. The quantitative estimate of drug-likeness (QED) is 0.0562. The van der Waals surface area contributed by atoms with Crippen LogP contribution < -0.4 is 38.1 Å². The molecule has 0 aromatic heterocycles. The molecule has 6 amide bonds. The van der Waals surface area contributed by atoms with E-state index in [0.29, 0.717) is 5.56 Å². The molecule has 1 aromatic rings. The Morgan fingerprint density at radius 3 is 1.53 bits per heavy atom. The van der Waals surface area contributed by atoms with Crippen LogP contribution in [0.5, 0.6) is 5.75 Å². The number of hydrogen-bond acceptors (Lipinski definition) is 13. The molecule has 0 aliphatic rings. The van der Waals surface area contributed by atoms with Crippen molar-refractivity contribution in [3.05, 3.63) is 29.8 Å². The number of phenolic OH excluding ortho intramolecular Hbond substituents is 1. The number of amides is 6. The van der Waals surface area contributed by atoms with Gasteiger partial charge in [0, 0.05) is 12.8 Å². The predicted molar refractivity (Wildman–Crippen MR) is 173 cm³/mol. The number of nitrogens with one attached hydrogen (secondary N) is 5. The number of carboxylic acids is 2. The first-order chi connectivity index (χ1) is 23.6. The van der Waals surface area contributed by atoms with Crippen LogP contribution in [0.15, 0.2) is 24.3 Å². The van der Waals surface area contributed by atoms with E-state index in [1.54, 1.807) is 0 Å². The van der Waals surface area contributed by atoms with E-state index in [1.165, 1.54) is 31.2 Å². The van der Waals surface area contributed by atoms with Crippen LogP contribution in [-0.2, 0) is 44.8 Å². The molecule has 0 heterocycles. The molecule has 0 radical (unpaired) electrons. The van der Waals surface area contributed by atoms with Gasteiger partial charge in [0.25, 0.3) is 0 Å². The van der Waals surface area contributed by atoms with Gasteiger partial charge in [0.2, 0.25) is 35.4 Å². The summed E-state index contributed by atoms with van der Waals surface area (Å²) in [5, 5.41) is 68.8. The molecular weight excluding hydrogens is 682 g/mol. The maximum atomic E-state index is 13.6. The van der Waals surface area contributed by atoms with Crippen LogP contribution in [0.4, 0.5) is 0 Å². The molecule has 51 heavy (non-hydrogen) atoms. The Kier molecular flexibility index (Phi) is 17.4. The van der Waals surface area contributed by atoms with Crippen LogP contribution in [0.1, 0.15) is 45.6 Å². The second-order valence-corrected chi connectivity index (χ2v) is 11.7. The van der Waals surface area contributed by atoms with Crippen LogP contribution in [0.3, 0.4) is 0 Å². The van der Waals surface area contributed by atoms with Crippen LogP contribution in [-0.4, -0.2) is 133 Å². The van der Waals surface area contributed by atoms with Crippen molar-refractivity contribution in [2.24, 2.45) is 11.5 Å². The Labute approximate surface area is 291 Å². The average Bonchev–Trinajstić information content (AvgIpc) is 3.02. The van der Waals surface area contributed by atoms with Crippen molar-refractivity contribution in [3.8, 4) is 5.75 Å². The van der Waals surface area contributed by atoms with Gasteiger partial charge in [-0.1, -0.05) is 12.1 Å². The number of phenols is 1. The monoisotopic (exact) mass is 727 g/mol. The van der Waals surface area contributed by atoms with Crippen molar-refractivity contribution in [1.82, 2.24) is 26.6 Å². The van der Waals surface area contributed by atoms with E-state index >= 15 is 0 Å². The summed E-state index contributed by atoms with van der Waals surface area (Å²) in [5.41, 5.74) is 11.2. The lowest BCUT2D eigenvalue weighted by Gasteiger charge is -2.28. The molecule has 0 aliphatic heterocycles. The van der Waals surface area contributed by atoms with E-state index in [2.05, 4.69) is 21.3 Å². The van der Waals surface area contributed by atoms with Crippen LogP contribution in [0.25, 0.3) is 0 Å². The number of aliphatic hydroxyl groups excluding tert-OH is 3. The molecule has 284 valence electrons. The van der Waals surface area contributed by atoms with Gasteiger partial charge >= 0.3 is 11.9 Å². The molecule has 21 nitrogen and oxygen atoms in total. The molecule has 0 saturated carbocycles. The van der Waals surface area contributed by atoms with Gasteiger partial charge in [-0.15, -0.1) is 0 Å². The van der Waals surface area contributed by atoms with Gasteiger partial charge in [0.05, 0.1) is 24.7 Å². The largest absolute Gasteiger partial charge is 0.508 e. The highest BCUT2D eigenvalue weighted by atomic mass is 16.4. The second kappa shape index (κ2) is 20.3. The minimum Gasteiger partial charge on any atom is -0.508 e. The summed E-state index contributed by atoms with van der Waals surface area (Å²) >= 11 is 0. The van der Waals surface area contributed by atoms with Crippen molar-refractivity contribution in [3.63, 3.8) is 0 Å². The number of carbonyl (C=O) groups is 8. The third-order valence-corrected chi connectivity index (χ3v) is 7.26. The van der Waals surface area contributed by atoms with E-state index in [0.717, 1.165) is 13.8 Å². The molecular formula is C30H45N7O14.